The van der Waals surface area contributed by atoms with E-state index < -0.39 is 0 Å². The number of aliphatic imine (C=N–C) groups is 1. The van der Waals surface area contributed by atoms with Gasteiger partial charge in [0.25, 0.3) is 0 Å². The van der Waals surface area contributed by atoms with E-state index in [9.17, 15) is 0 Å². The van der Waals surface area contributed by atoms with Crippen LogP contribution < -0.4 is 0 Å². The fraction of sp³-hybridized carbons (Fsp3) is 0.211. The Bertz CT molecular complexity index is 600. The highest BCUT2D eigenvalue weighted by molar-refractivity contribution is 6.00. The van der Waals surface area contributed by atoms with Crippen LogP contribution in [0.25, 0.3) is 0 Å². The van der Waals surface area contributed by atoms with Gasteiger partial charge in [-0.15, -0.1) is 0 Å². The second-order valence-corrected chi connectivity index (χ2v) is 4.61. The highest BCUT2D eigenvalue weighted by atomic mass is 14.7. The van der Waals surface area contributed by atoms with Crippen molar-refractivity contribution in [3.63, 3.8) is 0 Å². The molecule has 0 amide bonds. The van der Waals surface area contributed by atoms with Crippen molar-refractivity contribution in [1.29, 1.82) is 0 Å². The summed E-state index contributed by atoms with van der Waals surface area (Å²) >= 11 is 0. The van der Waals surface area contributed by atoms with E-state index in [0.717, 1.165) is 24.1 Å². The zero-order valence-electron chi connectivity index (χ0n) is 11.8. The van der Waals surface area contributed by atoms with Gasteiger partial charge in [-0.2, -0.15) is 0 Å². The Morgan fingerprint density at radius 3 is 2.25 bits per heavy atom. The average molecular weight is 261 g/mol. The Balaban J connectivity index is 2.09. The van der Waals surface area contributed by atoms with Crippen LogP contribution in [0.4, 0.5) is 0 Å². The molecule has 0 aliphatic heterocycles. The second-order valence-electron chi connectivity index (χ2n) is 4.61. The van der Waals surface area contributed by atoms with Gasteiger partial charge in [-0.1, -0.05) is 61.4 Å². The first-order valence-corrected chi connectivity index (χ1v) is 7.03. The molecule has 0 unspecified atom stereocenters. The maximum Gasteiger partial charge on any atom is 0.0851 e. The lowest BCUT2D eigenvalue weighted by Gasteiger charge is -1.98. The summed E-state index contributed by atoms with van der Waals surface area (Å²) < 4.78 is 0. The number of nitrogens with zero attached hydrogens (tertiary/aromatic N) is 1. The van der Waals surface area contributed by atoms with E-state index in [1.54, 1.807) is 0 Å². The normalized spacial score (nSPS) is 10.8. The van der Waals surface area contributed by atoms with Crippen LogP contribution in [-0.4, -0.2) is 5.71 Å². The third kappa shape index (κ3) is 4.74. The van der Waals surface area contributed by atoms with E-state index in [-0.39, 0.29) is 0 Å². The van der Waals surface area contributed by atoms with Crippen molar-refractivity contribution in [2.45, 2.75) is 26.3 Å². The first-order valence-electron chi connectivity index (χ1n) is 7.03. The molecule has 0 saturated carbocycles. The molecule has 0 N–H and O–H groups in total. The fourth-order valence-corrected chi connectivity index (χ4v) is 1.85. The number of rotatable bonds is 4. The van der Waals surface area contributed by atoms with Crippen LogP contribution in [0.1, 0.15) is 30.9 Å². The SMILES string of the molecule is CCCC(C#Cc1ccccc1)=NCc1ccccc1. The van der Waals surface area contributed by atoms with Gasteiger partial charge in [0.2, 0.25) is 0 Å². The smallest absolute Gasteiger partial charge is 0.0851 e. The molecule has 2 aromatic rings. The summed E-state index contributed by atoms with van der Waals surface area (Å²) in [7, 11) is 0. The molecule has 0 radical (unpaired) electrons. The Morgan fingerprint density at radius 2 is 1.60 bits per heavy atom. The van der Waals surface area contributed by atoms with Crippen molar-refractivity contribution in [3.8, 4) is 11.8 Å². The maximum atomic E-state index is 4.64. The molecule has 0 saturated heterocycles. The summed E-state index contributed by atoms with van der Waals surface area (Å²) in [5.74, 6) is 6.39. The van der Waals surface area contributed by atoms with Crippen molar-refractivity contribution in [2.75, 3.05) is 0 Å². The zero-order valence-corrected chi connectivity index (χ0v) is 11.8. The van der Waals surface area contributed by atoms with Gasteiger partial charge in [0.1, 0.15) is 0 Å². The molecular weight excluding hydrogens is 242 g/mol. The lowest BCUT2D eigenvalue weighted by atomic mass is 10.1. The molecule has 1 nitrogen and oxygen atoms in total. The van der Waals surface area contributed by atoms with Crippen molar-refractivity contribution in [3.05, 3.63) is 71.8 Å². The Morgan fingerprint density at radius 1 is 0.950 bits per heavy atom. The quantitative estimate of drug-likeness (QED) is 0.568. The van der Waals surface area contributed by atoms with Crippen LogP contribution in [0.15, 0.2) is 65.7 Å². The monoisotopic (exact) mass is 261 g/mol. The zero-order chi connectivity index (χ0) is 14.0. The minimum atomic E-state index is 0.708. The standard InChI is InChI=1S/C19H19N/c1-2-9-19(15-14-17-10-5-3-6-11-17)20-16-18-12-7-4-8-13-18/h3-8,10-13H,2,9,16H2,1H3. The summed E-state index contributed by atoms with van der Waals surface area (Å²) in [6.45, 7) is 2.86. The predicted octanol–water partition coefficient (Wildman–Crippen LogP) is 4.48. The Kier molecular flexibility index (Phi) is 5.61. The molecule has 2 rings (SSSR count). The van der Waals surface area contributed by atoms with Gasteiger partial charge < -0.3 is 0 Å². The van der Waals surface area contributed by atoms with Crippen LogP contribution in [0.2, 0.25) is 0 Å². The number of hydrogen-bond acceptors (Lipinski definition) is 1. The molecule has 0 bridgehead atoms. The van der Waals surface area contributed by atoms with Crippen molar-refractivity contribution >= 4 is 5.71 Å². The van der Waals surface area contributed by atoms with Crippen molar-refractivity contribution in [1.82, 2.24) is 0 Å². The highest BCUT2D eigenvalue weighted by Gasteiger charge is 1.94. The molecule has 0 aliphatic rings. The van der Waals surface area contributed by atoms with E-state index in [0.29, 0.717) is 6.54 Å². The van der Waals surface area contributed by atoms with Crippen molar-refractivity contribution < 1.29 is 0 Å². The third-order valence-electron chi connectivity index (χ3n) is 2.91. The Labute approximate surface area is 121 Å². The molecule has 0 spiro atoms. The topological polar surface area (TPSA) is 12.4 Å². The number of hydrogen-bond donors (Lipinski definition) is 0. The molecule has 0 heterocycles. The van der Waals surface area contributed by atoms with Crippen molar-refractivity contribution in [2.24, 2.45) is 4.99 Å². The van der Waals surface area contributed by atoms with Gasteiger partial charge in [-0.3, -0.25) is 4.99 Å². The molecule has 0 atom stereocenters. The molecule has 100 valence electrons. The van der Waals surface area contributed by atoms with E-state index in [1.807, 2.05) is 48.5 Å². The highest BCUT2D eigenvalue weighted by Crippen LogP contribution is 2.03. The lowest BCUT2D eigenvalue weighted by molar-refractivity contribution is 0.972. The van der Waals surface area contributed by atoms with Crippen LogP contribution in [-0.2, 0) is 6.54 Å². The number of benzene rings is 2. The van der Waals surface area contributed by atoms with Gasteiger partial charge in [0.05, 0.1) is 12.3 Å². The minimum absolute atomic E-state index is 0.708. The molecule has 0 fully saturated rings. The first kappa shape index (κ1) is 14.1. The molecular formula is C19H19N. The summed E-state index contributed by atoms with van der Waals surface area (Å²) in [6.07, 6.45) is 2.00. The molecule has 0 aliphatic carbocycles. The summed E-state index contributed by atoms with van der Waals surface area (Å²) in [4.78, 5) is 4.64. The van der Waals surface area contributed by atoms with Gasteiger partial charge in [0, 0.05) is 5.56 Å². The molecule has 0 aromatic heterocycles. The van der Waals surface area contributed by atoms with E-state index >= 15 is 0 Å². The fourth-order valence-electron chi connectivity index (χ4n) is 1.85. The van der Waals surface area contributed by atoms with Gasteiger partial charge in [-0.25, -0.2) is 0 Å². The maximum absolute atomic E-state index is 4.64. The minimum Gasteiger partial charge on any atom is -0.276 e. The van der Waals surface area contributed by atoms with E-state index in [2.05, 4.69) is 35.9 Å². The van der Waals surface area contributed by atoms with E-state index in [4.69, 9.17) is 0 Å². The molecule has 2 aromatic carbocycles. The van der Waals surface area contributed by atoms with Crippen LogP contribution >= 0.6 is 0 Å². The Hall–Kier alpha value is -2.33. The largest absolute Gasteiger partial charge is 0.276 e. The van der Waals surface area contributed by atoms with E-state index in [1.165, 1.54) is 5.56 Å². The van der Waals surface area contributed by atoms with Gasteiger partial charge in [0.15, 0.2) is 0 Å². The lowest BCUT2D eigenvalue weighted by Crippen LogP contribution is -1.95. The molecule has 20 heavy (non-hydrogen) atoms. The summed E-state index contributed by atoms with van der Waals surface area (Å²) in [6, 6.07) is 20.4. The summed E-state index contributed by atoms with van der Waals surface area (Å²) in [5.41, 5.74) is 3.25. The predicted molar refractivity (Wildman–Crippen MR) is 85.8 cm³/mol. The molecule has 1 heteroatoms. The first-order chi connectivity index (χ1) is 9.88. The van der Waals surface area contributed by atoms with Crippen LogP contribution in [0.3, 0.4) is 0 Å². The second kappa shape index (κ2) is 7.96. The third-order valence-corrected chi connectivity index (χ3v) is 2.91. The van der Waals surface area contributed by atoms with Gasteiger partial charge in [-0.05, 0) is 36.5 Å². The van der Waals surface area contributed by atoms with Crippen LogP contribution in [0, 0.1) is 11.8 Å². The van der Waals surface area contributed by atoms with Crippen LogP contribution in [0.5, 0.6) is 0 Å². The van der Waals surface area contributed by atoms with Gasteiger partial charge >= 0.3 is 0 Å². The summed E-state index contributed by atoms with van der Waals surface area (Å²) in [5, 5.41) is 0. The average Bonchev–Trinajstić information content (AvgIpc) is 2.52.